The average molecular weight is 252 g/mol. The van der Waals surface area contributed by atoms with Crippen LogP contribution in [0.5, 0.6) is 0 Å². The third kappa shape index (κ3) is 2.28. The van der Waals surface area contributed by atoms with Crippen molar-refractivity contribution in [2.75, 3.05) is 7.05 Å². The maximum Gasteiger partial charge on any atom is 0.0510 e. The topological polar surface area (TPSA) is 24.9 Å². The quantitative estimate of drug-likeness (QED) is 0.905. The lowest BCUT2D eigenvalue weighted by Gasteiger charge is -2.15. The van der Waals surface area contributed by atoms with E-state index >= 15 is 0 Å². The Bertz CT molecular complexity index is 577. The Morgan fingerprint density at radius 3 is 3.00 bits per heavy atom. The van der Waals surface area contributed by atoms with E-state index < -0.39 is 0 Å². The highest BCUT2D eigenvalue weighted by atomic mass is 14.8. The first-order valence-corrected chi connectivity index (χ1v) is 7.00. The van der Waals surface area contributed by atoms with Crippen molar-refractivity contribution < 1.29 is 0 Å². The summed E-state index contributed by atoms with van der Waals surface area (Å²) in [4.78, 5) is 4.60. The summed E-state index contributed by atoms with van der Waals surface area (Å²) < 4.78 is 0. The molecule has 0 aliphatic heterocycles. The van der Waals surface area contributed by atoms with Crippen molar-refractivity contribution >= 4 is 0 Å². The molecular weight excluding hydrogens is 232 g/mol. The number of rotatable bonds is 3. The van der Waals surface area contributed by atoms with Crippen molar-refractivity contribution in [2.45, 2.75) is 31.7 Å². The fraction of sp³-hybridized carbons (Fsp3) is 0.353. The average Bonchev–Trinajstić information content (AvgIpc) is 2.90. The lowest BCUT2D eigenvalue weighted by Crippen LogP contribution is -2.12. The molecule has 1 aliphatic rings. The van der Waals surface area contributed by atoms with E-state index in [2.05, 4.69) is 47.6 Å². The summed E-state index contributed by atoms with van der Waals surface area (Å²) in [6.07, 6.45) is 4.25. The van der Waals surface area contributed by atoms with Gasteiger partial charge in [0, 0.05) is 18.2 Å². The minimum Gasteiger partial charge on any atom is -0.313 e. The van der Waals surface area contributed by atoms with E-state index in [1.54, 1.807) is 0 Å². The maximum atomic E-state index is 4.60. The number of nitrogens with zero attached hydrogens (tertiary/aromatic N) is 1. The highest BCUT2D eigenvalue weighted by Crippen LogP contribution is 2.37. The van der Waals surface area contributed by atoms with Gasteiger partial charge >= 0.3 is 0 Å². The van der Waals surface area contributed by atoms with Gasteiger partial charge < -0.3 is 5.32 Å². The molecule has 0 spiro atoms. The van der Waals surface area contributed by atoms with Gasteiger partial charge in [0.25, 0.3) is 0 Å². The molecule has 1 N–H and O–H groups in total. The smallest absolute Gasteiger partial charge is 0.0510 e. The highest BCUT2D eigenvalue weighted by Gasteiger charge is 2.25. The van der Waals surface area contributed by atoms with Gasteiger partial charge in [0.1, 0.15) is 0 Å². The first-order valence-electron chi connectivity index (χ1n) is 7.00. The highest BCUT2D eigenvalue weighted by molar-refractivity contribution is 5.39. The predicted octanol–water partition coefficient (Wildman–Crippen LogP) is 3.44. The molecule has 0 amide bonds. The van der Waals surface area contributed by atoms with Gasteiger partial charge in [-0.3, -0.25) is 4.98 Å². The second-order valence-electron chi connectivity index (χ2n) is 5.32. The molecule has 1 heterocycles. The SMILES string of the molecule is CNC(C)c1cccc(C2CCc3cccnc32)c1. The molecule has 0 radical (unpaired) electrons. The fourth-order valence-electron chi connectivity index (χ4n) is 2.95. The van der Waals surface area contributed by atoms with Crippen molar-refractivity contribution in [1.82, 2.24) is 10.3 Å². The van der Waals surface area contributed by atoms with Crippen molar-refractivity contribution in [2.24, 2.45) is 0 Å². The fourth-order valence-corrected chi connectivity index (χ4v) is 2.95. The molecule has 0 saturated carbocycles. The molecule has 1 aromatic carbocycles. The summed E-state index contributed by atoms with van der Waals surface area (Å²) in [5, 5.41) is 3.30. The van der Waals surface area contributed by atoms with Crippen LogP contribution >= 0.6 is 0 Å². The van der Waals surface area contributed by atoms with Gasteiger partial charge in [-0.15, -0.1) is 0 Å². The van der Waals surface area contributed by atoms with E-state index in [4.69, 9.17) is 0 Å². The Labute approximate surface area is 114 Å². The third-order valence-corrected chi connectivity index (χ3v) is 4.20. The molecule has 3 rings (SSSR count). The van der Waals surface area contributed by atoms with Gasteiger partial charge in [-0.1, -0.05) is 30.3 Å². The van der Waals surface area contributed by atoms with Crippen molar-refractivity contribution in [3.05, 3.63) is 65.0 Å². The number of hydrogen-bond donors (Lipinski definition) is 1. The zero-order valence-electron chi connectivity index (χ0n) is 11.6. The van der Waals surface area contributed by atoms with Crippen molar-refractivity contribution in [3.8, 4) is 0 Å². The number of fused-ring (bicyclic) bond motifs is 1. The van der Waals surface area contributed by atoms with Crippen LogP contribution < -0.4 is 5.32 Å². The Balaban J connectivity index is 1.96. The van der Waals surface area contributed by atoms with Crippen LogP contribution in [0, 0.1) is 0 Å². The van der Waals surface area contributed by atoms with E-state index in [0.717, 1.165) is 6.42 Å². The molecule has 98 valence electrons. The predicted molar refractivity (Wildman–Crippen MR) is 78.3 cm³/mol. The Hall–Kier alpha value is -1.67. The van der Waals surface area contributed by atoms with Gasteiger partial charge in [-0.2, -0.15) is 0 Å². The minimum atomic E-state index is 0.393. The summed E-state index contributed by atoms with van der Waals surface area (Å²) in [5.41, 5.74) is 5.44. The lowest BCUT2D eigenvalue weighted by molar-refractivity contribution is 0.649. The van der Waals surface area contributed by atoms with Crippen LogP contribution in [-0.2, 0) is 6.42 Å². The van der Waals surface area contributed by atoms with Gasteiger partial charge in [0.05, 0.1) is 5.69 Å². The van der Waals surface area contributed by atoms with E-state index in [1.807, 2.05) is 19.3 Å². The van der Waals surface area contributed by atoms with Crippen LogP contribution in [-0.4, -0.2) is 12.0 Å². The second kappa shape index (κ2) is 5.14. The number of hydrogen-bond acceptors (Lipinski definition) is 2. The van der Waals surface area contributed by atoms with Gasteiger partial charge in [0.2, 0.25) is 0 Å². The molecule has 2 unspecified atom stereocenters. The number of aromatic nitrogens is 1. The molecule has 2 atom stereocenters. The van der Waals surface area contributed by atoms with Crippen LogP contribution in [0.1, 0.15) is 47.7 Å². The molecule has 0 bridgehead atoms. The molecule has 1 aromatic heterocycles. The Kier molecular flexibility index (Phi) is 3.34. The standard InChI is InChI=1S/C17H20N2/c1-12(18-2)14-5-3-6-15(11-14)16-9-8-13-7-4-10-19-17(13)16/h3-7,10-12,16,18H,8-9H2,1-2H3. The number of pyridine rings is 1. The summed E-state index contributed by atoms with van der Waals surface area (Å²) in [6, 6.07) is 13.6. The Morgan fingerprint density at radius 1 is 1.26 bits per heavy atom. The molecule has 0 saturated heterocycles. The number of nitrogens with one attached hydrogen (secondary N) is 1. The molecule has 19 heavy (non-hydrogen) atoms. The molecular formula is C17H20N2. The van der Waals surface area contributed by atoms with Crippen LogP contribution in [0.2, 0.25) is 0 Å². The van der Waals surface area contributed by atoms with Crippen LogP contribution in [0.4, 0.5) is 0 Å². The maximum absolute atomic E-state index is 4.60. The van der Waals surface area contributed by atoms with E-state index in [9.17, 15) is 0 Å². The summed E-state index contributed by atoms with van der Waals surface area (Å²) in [7, 11) is 2.00. The van der Waals surface area contributed by atoms with E-state index in [0.29, 0.717) is 12.0 Å². The third-order valence-electron chi connectivity index (χ3n) is 4.20. The molecule has 1 aliphatic carbocycles. The zero-order chi connectivity index (χ0) is 13.2. The van der Waals surface area contributed by atoms with E-state index in [-0.39, 0.29) is 0 Å². The first-order chi connectivity index (χ1) is 9.29. The largest absolute Gasteiger partial charge is 0.313 e. The number of aryl methyl sites for hydroxylation is 1. The van der Waals surface area contributed by atoms with Crippen LogP contribution in [0.3, 0.4) is 0 Å². The molecule has 2 heteroatoms. The van der Waals surface area contributed by atoms with E-state index in [1.165, 1.54) is 28.8 Å². The first kappa shape index (κ1) is 12.4. The summed E-state index contributed by atoms with van der Waals surface area (Å²) >= 11 is 0. The van der Waals surface area contributed by atoms with Crippen molar-refractivity contribution in [1.29, 1.82) is 0 Å². The van der Waals surface area contributed by atoms with Gasteiger partial charge in [-0.25, -0.2) is 0 Å². The van der Waals surface area contributed by atoms with Crippen molar-refractivity contribution in [3.63, 3.8) is 0 Å². The Morgan fingerprint density at radius 2 is 2.16 bits per heavy atom. The zero-order valence-corrected chi connectivity index (χ0v) is 11.6. The summed E-state index contributed by atoms with van der Waals surface area (Å²) in [5.74, 6) is 0.472. The normalized spacial score (nSPS) is 19.2. The summed E-state index contributed by atoms with van der Waals surface area (Å²) in [6.45, 7) is 2.19. The number of benzene rings is 1. The van der Waals surface area contributed by atoms with Gasteiger partial charge in [0.15, 0.2) is 0 Å². The molecule has 2 aromatic rings. The lowest BCUT2D eigenvalue weighted by atomic mass is 9.93. The van der Waals surface area contributed by atoms with Crippen LogP contribution in [0.25, 0.3) is 0 Å². The molecule has 2 nitrogen and oxygen atoms in total. The molecule has 0 fully saturated rings. The minimum absolute atomic E-state index is 0.393. The van der Waals surface area contributed by atoms with Gasteiger partial charge in [-0.05, 0) is 49.6 Å². The van der Waals surface area contributed by atoms with Crippen LogP contribution in [0.15, 0.2) is 42.6 Å². The monoisotopic (exact) mass is 252 g/mol. The second-order valence-corrected chi connectivity index (χ2v) is 5.32.